The molecule has 0 aliphatic heterocycles. The largest absolute Gasteiger partial charge is 0.327 e. The summed E-state index contributed by atoms with van der Waals surface area (Å²) in [6.45, 7) is 0. The van der Waals surface area contributed by atoms with Crippen molar-refractivity contribution in [2.75, 3.05) is 0 Å². The minimum absolute atomic E-state index is 0.377. The van der Waals surface area contributed by atoms with Gasteiger partial charge in [-0.25, -0.2) is 0 Å². The van der Waals surface area contributed by atoms with Gasteiger partial charge in [0.05, 0.1) is 0 Å². The second kappa shape index (κ2) is 4.38. The molecule has 0 saturated heterocycles. The van der Waals surface area contributed by atoms with E-state index < -0.39 is 0 Å². The van der Waals surface area contributed by atoms with Crippen LogP contribution in [0.25, 0.3) is 0 Å². The topological polar surface area (TPSA) is 38.9 Å². The van der Waals surface area contributed by atoms with Crippen molar-refractivity contribution in [1.82, 2.24) is 4.98 Å². The number of nitrogens with two attached hydrogens (primary N) is 1. The average Bonchev–Trinajstić information content (AvgIpc) is 2.23. The van der Waals surface area contributed by atoms with E-state index in [-0.39, 0.29) is 0 Å². The maximum absolute atomic E-state index is 5.83. The smallest absolute Gasteiger partial charge is 0.0444 e. The molecule has 0 saturated carbocycles. The highest BCUT2D eigenvalue weighted by molar-refractivity contribution is 5.17. The van der Waals surface area contributed by atoms with E-state index >= 15 is 0 Å². The van der Waals surface area contributed by atoms with Crippen LogP contribution in [0.4, 0.5) is 0 Å². The van der Waals surface area contributed by atoms with Crippen LogP contribution < -0.4 is 5.73 Å². The molecule has 2 nitrogen and oxygen atoms in total. The Bertz CT molecular complexity index is 316. The Hall–Kier alpha value is -1.15. The molecule has 1 atom stereocenters. The van der Waals surface area contributed by atoms with E-state index in [4.69, 9.17) is 5.73 Å². The Labute approximate surface area is 84.9 Å². The van der Waals surface area contributed by atoms with E-state index in [0.29, 0.717) is 6.04 Å². The summed E-state index contributed by atoms with van der Waals surface area (Å²) in [5.41, 5.74) is 8.48. The lowest BCUT2D eigenvalue weighted by molar-refractivity contribution is 0.582. The summed E-state index contributed by atoms with van der Waals surface area (Å²) in [6, 6.07) is 6.45. The molecule has 0 aromatic carbocycles. The van der Waals surface area contributed by atoms with E-state index in [1.165, 1.54) is 5.57 Å². The van der Waals surface area contributed by atoms with Gasteiger partial charge in [-0.1, -0.05) is 17.7 Å². The fourth-order valence-electron chi connectivity index (χ4n) is 1.80. The van der Waals surface area contributed by atoms with Crippen LogP contribution in [-0.4, -0.2) is 11.0 Å². The predicted molar refractivity (Wildman–Crippen MR) is 57.9 cm³/mol. The van der Waals surface area contributed by atoms with Gasteiger partial charge < -0.3 is 5.73 Å². The third-order valence-electron chi connectivity index (χ3n) is 2.68. The van der Waals surface area contributed by atoms with E-state index in [0.717, 1.165) is 31.4 Å². The van der Waals surface area contributed by atoms with Crippen molar-refractivity contribution in [1.29, 1.82) is 0 Å². The molecular weight excluding hydrogens is 172 g/mol. The highest BCUT2D eigenvalue weighted by Gasteiger charge is 2.10. The number of aromatic nitrogens is 1. The van der Waals surface area contributed by atoms with Gasteiger partial charge in [0.25, 0.3) is 0 Å². The molecule has 0 bridgehead atoms. The van der Waals surface area contributed by atoms with Crippen LogP contribution in [0.2, 0.25) is 0 Å². The van der Waals surface area contributed by atoms with Gasteiger partial charge >= 0.3 is 0 Å². The Morgan fingerprint density at radius 3 is 3.00 bits per heavy atom. The fraction of sp³-hybridized carbons (Fsp3) is 0.417. The Kier molecular flexibility index (Phi) is 2.94. The van der Waals surface area contributed by atoms with Crippen LogP contribution in [-0.2, 0) is 6.42 Å². The van der Waals surface area contributed by atoms with Gasteiger partial charge in [0.1, 0.15) is 0 Å². The van der Waals surface area contributed by atoms with E-state index in [1.807, 2.05) is 18.3 Å². The van der Waals surface area contributed by atoms with Gasteiger partial charge in [-0.2, -0.15) is 0 Å². The first-order chi connectivity index (χ1) is 6.84. The molecule has 1 aromatic heterocycles. The van der Waals surface area contributed by atoms with Crippen molar-refractivity contribution < 1.29 is 0 Å². The number of allylic oxidation sites excluding steroid dienone is 1. The van der Waals surface area contributed by atoms with Gasteiger partial charge in [0.2, 0.25) is 0 Å². The van der Waals surface area contributed by atoms with E-state index in [2.05, 4.69) is 17.1 Å². The molecule has 1 unspecified atom stereocenters. The zero-order chi connectivity index (χ0) is 9.80. The molecule has 1 heterocycles. The average molecular weight is 188 g/mol. The third kappa shape index (κ3) is 2.42. The van der Waals surface area contributed by atoms with E-state index in [9.17, 15) is 0 Å². The SMILES string of the molecule is NC1CC=C(Cc2ccccn2)CC1. The summed E-state index contributed by atoms with van der Waals surface area (Å²) in [7, 11) is 0. The van der Waals surface area contributed by atoms with Gasteiger partial charge in [-0.3, -0.25) is 4.98 Å². The van der Waals surface area contributed by atoms with Crippen molar-refractivity contribution in [2.24, 2.45) is 5.73 Å². The molecule has 0 radical (unpaired) electrons. The van der Waals surface area contributed by atoms with Gasteiger partial charge in [-0.05, 0) is 31.4 Å². The fourth-order valence-corrected chi connectivity index (χ4v) is 1.80. The summed E-state index contributed by atoms with van der Waals surface area (Å²) in [6.07, 6.45) is 8.42. The standard InChI is InChI=1S/C12H16N2/c13-11-6-4-10(5-7-11)9-12-3-1-2-8-14-12/h1-4,8,11H,5-7,9,13H2. The Morgan fingerprint density at radius 2 is 2.36 bits per heavy atom. The van der Waals surface area contributed by atoms with Crippen LogP contribution in [0, 0.1) is 0 Å². The van der Waals surface area contributed by atoms with Gasteiger partial charge in [-0.15, -0.1) is 0 Å². The summed E-state index contributed by atoms with van der Waals surface area (Å²) < 4.78 is 0. The summed E-state index contributed by atoms with van der Waals surface area (Å²) in [5.74, 6) is 0. The molecular formula is C12H16N2. The number of nitrogens with zero attached hydrogens (tertiary/aromatic N) is 1. The molecule has 1 aliphatic carbocycles. The van der Waals surface area contributed by atoms with Crippen LogP contribution in [0.15, 0.2) is 36.0 Å². The molecule has 0 spiro atoms. The molecule has 14 heavy (non-hydrogen) atoms. The van der Waals surface area contributed by atoms with Crippen LogP contribution in [0.5, 0.6) is 0 Å². The normalized spacial score (nSPS) is 21.8. The number of hydrogen-bond acceptors (Lipinski definition) is 2. The molecule has 74 valence electrons. The second-order valence-electron chi connectivity index (χ2n) is 3.89. The zero-order valence-electron chi connectivity index (χ0n) is 8.32. The highest BCUT2D eigenvalue weighted by atomic mass is 14.7. The summed E-state index contributed by atoms with van der Waals surface area (Å²) in [5, 5.41) is 0. The summed E-state index contributed by atoms with van der Waals surface area (Å²) in [4.78, 5) is 4.32. The minimum atomic E-state index is 0.377. The van der Waals surface area contributed by atoms with Crippen LogP contribution in [0.1, 0.15) is 25.0 Å². The van der Waals surface area contributed by atoms with Crippen LogP contribution >= 0.6 is 0 Å². The zero-order valence-corrected chi connectivity index (χ0v) is 8.32. The maximum atomic E-state index is 5.83. The first-order valence-electron chi connectivity index (χ1n) is 5.18. The lowest BCUT2D eigenvalue weighted by atomic mass is 9.93. The van der Waals surface area contributed by atoms with Crippen LogP contribution in [0.3, 0.4) is 0 Å². The molecule has 1 aliphatic rings. The van der Waals surface area contributed by atoms with Crippen molar-refractivity contribution in [3.05, 3.63) is 41.7 Å². The third-order valence-corrected chi connectivity index (χ3v) is 2.68. The Balaban J connectivity index is 1.99. The number of pyridine rings is 1. The first kappa shape index (κ1) is 9.41. The van der Waals surface area contributed by atoms with Crippen molar-refractivity contribution in [3.8, 4) is 0 Å². The molecule has 2 rings (SSSR count). The minimum Gasteiger partial charge on any atom is -0.327 e. The molecule has 2 N–H and O–H groups in total. The quantitative estimate of drug-likeness (QED) is 0.721. The number of hydrogen-bond donors (Lipinski definition) is 1. The van der Waals surface area contributed by atoms with Crippen molar-refractivity contribution >= 4 is 0 Å². The van der Waals surface area contributed by atoms with Crippen molar-refractivity contribution in [2.45, 2.75) is 31.7 Å². The molecule has 2 heteroatoms. The molecule has 0 fully saturated rings. The van der Waals surface area contributed by atoms with Crippen molar-refractivity contribution in [3.63, 3.8) is 0 Å². The second-order valence-corrected chi connectivity index (χ2v) is 3.89. The predicted octanol–water partition coefficient (Wildman–Crippen LogP) is 2.06. The first-order valence-corrected chi connectivity index (χ1v) is 5.18. The lowest BCUT2D eigenvalue weighted by Gasteiger charge is -2.17. The summed E-state index contributed by atoms with van der Waals surface area (Å²) >= 11 is 0. The molecule has 1 aromatic rings. The van der Waals surface area contributed by atoms with E-state index in [1.54, 1.807) is 0 Å². The number of rotatable bonds is 2. The highest BCUT2D eigenvalue weighted by Crippen LogP contribution is 2.19. The molecule has 0 amide bonds. The maximum Gasteiger partial charge on any atom is 0.0444 e. The van der Waals surface area contributed by atoms with Gasteiger partial charge in [0.15, 0.2) is 0 Å². The Morgan fingerprint density at radius 1 is 1.43 bits per heavy atom. The monoisotopic (exact) mass is 188 g/mol. The van der Waals surface area contributed by atoms with Gasteiger partial charge in [0, 0.05) is 24.4 Å². The lowest BCUT2D eigenvalue weighted by Crippen LogP contribution is -2.22.